The lowest BCUT2D eigenvalue weighted by Gasteiger charge is -2.11. The molecule has 0 aliphatic heterocycles. The maximum atomic E-state index is 9.07. The summed E-state index contributed by atoms with van der Waals surface area (Å²) in [6.45, 7) is 6.46. The summed E-state index contributed by atoms with van der Waals surface area (Å²) in [5.74, 6) is 1.42. The van der Waals surface area contributed by atoms with Crippen molar-refractivity contribution in [2.75, 3.05) is 6.61 Å². The second kappa shape index (κ2) is 5.76. The Kier molecular flexibility index (Phi) is 4.63. The first-order chi connectivity index (χ1) is 7.13. The smallest absolute Gasteiger partial charge is 0.119 e. The molecule has 0 aliphatic carbocycles. The Labute approximate surface area is 91.9 Å². The van der Waals surface area contributed by atoms with Crippen molar-refractivity contribution in [3.8, 4) is 5.75 Å². The van der Waals surface area contributed by atoms with Crippen LogP contribution in [0.3, 0.4) is 0 Å². The van der Waals surface area contributed by atoms with E-state index in [1.165, 1.54) is 5.56 Å². The highest BCUT2D eigenvalue weighted by Gasteiger charge is 2.03. The molecule has 84 valence electrons. The zero-order chi connectivity index (χ0) is 11.3. The molecule has 0 amide bonds. The summed E-state index contributed by atoms with van der Waals surface area (Å²) in [6.07, 6.45) is 0.729. The predicted octanol–water partition coefficient (Wildman–Crippen LogP) is 2.96. The first kappa shape index (κ1) is 12.1. The lowest BCUT2D eigenvalue weighted by molar-refractivity contribution is 0.122. The molecule has 1 unspecified atom stereocenters. The van der Waals surface area contributed by atoms with Crippen LogP contribution in [0.2, 0.25) is 0 Å². The molecule has 0 spiro atoms. The van der Waals surface area contributed by atoms with E-state index in [1.807, 2.05) is 12.1 Å². The van der Waals surface area contributed by atoms with E-state index in [1.54, 1.807) is 6.92 Å². The Morgan fingerprint density at radius 3 is 2.27 bits per heavy atom. The van der Waals surface area contributed by atoms with Gasteiger partial charge in [0.25, 0.3) is 0 Å². The lowest BCUT2D eigenvalue weighted by atomic mass is 9.99. The zero-order valence-corrected chi connectivity index (χ0v) is 9.73. The topological polar surface area (TPSA) is 29.5 Å². The van der Waals surface area contributed by atoms with Gasteiger partial charge in [-0.1, -0.05) is 26.0 Å². The van der Waals surface area contributed by atoms with Gasteiger partial charge in [0, 0.05) is 0 Å². The van der Waals surface area contributed by atoms with Gasteiger partial charge in [0.1, 0.15) is 12.4 Å². The lowest BCUT2D eigenvalue weighted by Crippen LogP contribution is -2.12. The van der Waals surface area contributed by atoms with E-state index in [-0.39, 0.29) is 0 Å². The van der Waals surface area contributed by atoms with Crippen LogP contribution in [0.4, 0.5) is 0 Å². The van der Waals surface area contributed by atoms with Crippen LogP contribution in [-0.4, -0.2) is 17.8 Å². The highest BCUT2D eigenvalue weighted by molar-refractivity contribution is 5.29. The average molecular weight is 208 g/mol. The Hall–Kier alpha value is -1.02. The minimum absolute atomic E-state index is 0.350. The van der Waals surface area contributed by atoms with Crippen molar-refractivity contribution in [2.24, 2.45) is 0 Å². The summed E-state index contributed by atoms with van der Waals surface area (Å²) in [4.78, 5) is 0. The largest absolute Gasteiger partial charge is 0.491 e. The van der Waals surface area contributed by atoms with Crippen molar-refractivity contribution in [2.45, 2.75) is 39.2 Å². The predicted molar refractivity (Wildman–Crippen MR) is 62.3 cm³/mol. The number of aliphatic hydroxyl groups is 1. The highest BCUT2D eigenvalue weighted by atomic mass is 16.5. The number of rotatable bonds is 5. The number of aliphatic hydroxyl groups excluding tert-OH is 1. The summed E-state index contributed by atoms with van der Waals surface area (Å²) in [5, 5.41) is 9.07. The SMILES string of the molecule is CCC(C)c1ccc(OC[C@H](C)O)cc1. The van der Waals surface area contributed by atoms with Crippen LogP contribution in [0.5, 0.6) is 5.75 Å². The standard InChI is InChI=1S/C13H20O2/c1-4-10(2)12-5-7-13(8-6-12)15-9-11(3)14/h5-8,10-11,14H,4,9H2,1-3H3/t10?,11-/m0/s1. The zero-order valence-electron chi connectivity index (χ0n) is 9.73. The fourth-order valence-corrected chi connectivity index (χ4v) is 1.35. The summed E-state index contributed by atoms with van der Waals surface area (Å²) < 4.78 is 5.39. The summed E-state index contributed by atoms with van der Waals surface area (Å²) in [6, 6.07) is 8.10. The molecule has 1 N–H and O–H groups in total. The molecule has 15 heavy (non-hydrogen) atoms. The molecular formula is C13H20O2. The van der Waals surface area contributed by atoms with E-state index < -0.39 is 6.10 Å². The molecule has 0 fully saturated rings. The van der Waals surface area contributed by atoms with E-state index in [0.717, 1.165) is 12.2 Å². The van der Waals surface area contributed by atoms with Crippen molar-refractivity contribution in [3.05, 3.63) is 29.8 Å². The first-order valence-electron chi connectivity index (χ1n) is 5.54. The van der Waals surface area contributed by atoms with Gasteiger partial charge in [-0.3, -0.25) is 0 Å². The van der Waals surface area contributed by atoms with E-state index in [2.05, 4.69) is 26.0 Å². The Morgan fingerprint density at radius 1 is 1.20 bits per heavy atom. The van der Waals surface area contributed by atoms with Crippen LogP contribution in [-0.2, 0) is 0 Å². The van der Waals surface area contributed by atoms with Crippen molar-refractivity contribution < 1.29 is 9.84 Å². The summed E-state index contributed by atoms with van der Waals surface area (Å²) in [7, 11) is 0. The Morgan fingerprint density at radius 2 is 1.80 bits per heavy atom. The molecule has 2 atom stereocenters. The minimum atomic E-state index is -0.417. The molecule has 0 heterocycles. The van der Waals surface area contributed by atoms with Gasteiger partial charge < -0.3 is 9.84 Å². The van der Waals surface area contributed by atoms with Gasteiger partial charge in [-0.2, -0.15) is 0 Å². The third-order valence-corrected chi connectivity index (χ3v) is 2.55. The minimum Gasteiger partial charge on any atom is -0.491 e. The molecule has 1 aromatic rings. The molecule has 0 saturated carbocycles. The fraction of sp³-hybridized carbons (Fsp3) is 0.538. The molecule has 0 aromatic heterocycles. The molecular weight excluding hydrogens is 188 g/mol. The van der Waals surface area contributed by atoms with Gasteiger partial charge in [-0.25, -0.2) is 0 Å². The second-order valence-electron chi connectivity index (χ2n) is 4.04. The third kappa shape index (κ3) is 3.92. The normalized spacial score (nSPS) is 14.7. The Bertz CT molecular complexity index is 277. The Balaban J connectivity index is 2.56. The van der Waals surface area contributed by atoms with Gasteiger partial charge in [-0.15, -0.1) is 0 Å². The average Bonchev–Trinajstić information content (AvgIpc) is 2.26. The molecule has 1 rings (SSSR count). The van der Waals surface area contributed by atoms with Crippen LogP contribution in [0.25, 0.3) is 0 Å². The number of hydrogen-bond acceptors (Lipinski definition) is 2. The van der Waals surface area contributed by atoms with Crippen LogP contribution in [0, 0.1) is 0 Å². The fourth-order valence-electron chi connectivity index (χ4n) is 1.35. The van der Waals surface area contributed by atoms with Gasteiger partial charge >= 0.3 is 0 Å². The molecule has 0 aliphatic rings. The van der Waals surface area contributed by atoms with E-state index >= 15 is 0 Å². The van der Waals surface area contributed by atoms with E-state index in [0.29, 0.717) is 12.5 Å². The number of ether oxygens (including phenoxy) is 1. The monoisotopic (exact) mass is 208 g/mol. The first-order valence-corrected chi connectivity index (χ1v) is 5.54. The molecule has 2 heteroatoms. The molecule has 2 nitrogen and oxygen atoms in total. The van der Waals surface area contributed by atoms with Crippen LogP contribution in [0.15, 0.2) is 24.3 Å². The molecule has 0 saturated heterocycles. The van der Waals surface area contributed by atoms with Gasteiger partial charge in [0.15, 0.2) is 0 Å². The van der Waals surface area contributed by atoms with Gasteiger partial charge in [0.05, 0.1) is 6.10 Å². The number of benzene rings is 1. The number of hydrogen-bond donors (Lipinski definition) is 1. The summed E-state index contributed by atoms with van der Waals surface area (Å²) >= 11 is 0. The second-order valence-corrected chi connectivity index (χ2v) is 4.04. The van der Waals surface area contributed by atoms with Crippen LogP contribution < -0.4 is 4.74 Å². The molecule has 0 bridgehead atoms. The third-order valence-electron chi connectivity index (χ3n) is 2.55. The van der Waals surface area contributed by atoms with Crippen molar-refractivity contribution in [1.29, 1.82) is 0 Å². The molecule has 1 aromatic carbocycles. The maximum absolute atomic E-state index is 9.07. The summed E-state index contributed by atoms with van der Waals surface area (Å²) in [5.41, 5.74) is 1.34. The van der Waals surface area contributed by atoms with Crippen LogP contribution >= 0.6 is 0 Å². The van der Waals surface area contributed by atoms with Crippen molar-refractivity contribution in [3.63, 3.8) is 0 Å². The van der Waals surface area contributed by atoms with E-state index in [9.17, 15) is 0 Å². The van der Waals surface area contributed by atoms with E-state index in [4.69, 9.17) is 9.84 Å². The van der Waals surface area contributed by atoms with Gasteiger partial charge in [0.2, 0.25) is 0 Å². The maximum Gasteiger partial charge on any atom is 0.119 e. The van der Waals surface area contributed by atoms with Crippen molar-refractivity contribution >= 4 is 0 Å². The van der Waals surface area contributed by atoms with Gasteiger partial charge in [-0.05, 0) is 37.0 Å². The van der Waals surface area contributed by atoms with Crippen molar-refractivity contribution in [1.82, 2.24) is 0 Å². The molecule has 0 radical (unpaired) electrons. The van der Waals surface area contributed by atoms with Crippen LogP contribution in [0.1, 0.15) is 38.7 Å². The quantitative estimate of drug-likeness (QED) is 0.806. The highest BCUT2D eigenvalue weighted by Crippen LogP contribution is 2.21.